The molecule has 230 valence electrons. The van der Waals surface area contributed by atoms with Gasteiger partial charge >= 0.3 is 17.9 Å². The van der Waals surface area contributed by atoms with Crippen LogP contribution < -0.4 is 9.47 Å². The first-order valence-corrected chi connectivity index (χ1v) is 16.0. The maximum absolute atomic E-state index is 13.3. The van der Waals surface area contributed by atoms with E-state index >= 15 is 0 Å². The highest BCUT2D eigenvalue weighted by Gasteiger charge is 2.33. The molecular formula is C32H42O9S. The number of carbonyl (C=O) groups excluding carboxylic acids is 3. The quantitative estimate of drug-likeness (QED) is 0.297. The van der Waals surface area contributed by atoms with E-state index in [1.54, 1.807) is 65.8 Å². The molecule has 0 spiro atoms. The number of para-hydroxylation sites is 1. The minimum atomic E-state index is -3.85. The first kappa shape index (κ1) is 33.1. The molecule has 0 aliphatic carbocycles. The molecule has 0 amide bonds. The summed E-state index contributed by atoms with van der Waals surface area (Å²) in [6.07, 6.45) is 0.901. The molecule has 0 radical (unpaired) electrons. The third-order valence-electron chi connectivity index (χ3n) is 6.29. The van der Waals surface area contributed by atoms with Crippen LogP contribution in [0.3, 0.4) is 0 Å². The molecule has 0 fully saturated rings. The van der Waals surface area contributed by atoms with Crippen molar-refractivity contribution in [2.45, 2.75) is 85.4 Å². The molecule has 1 heterocycles. The van der Waals surface area contributed by atoms with Gasteiger partial charge in [-0.15, -0.1) is 0 Å². The van der Waals surface area contributed by atoms with Crippen molar-refractivity contribution in [3.8, 4) is 11.5 Å². The Bertz CT molecular complexity index is 1410. The van der Waals surface area contributed by atoms with Gasteiger partial charge in [0, 0.05) is 0 Å². The minimum Gasteiger partial charge on any atom is -0.489 e. The summed E-state index contributed by atoms with van der Waals surface area (Å²) < 4.78 is 49.0. The summed E-state index contributed by atoms with van der Waals surface area (Å²) in [4.78, 5) is 38.5. The van der Waals surface area contributed by atoms with Gasteiger partial charge in [-0.05, 0) is 91.0 Å². The lowest BCUT2D eigenvalue weighted by Gasteiger charge is -2.25. The van der Waals surface area contributed by atoms with E-state index in [9.17, 15) is 22.8 Å². The Morgan fingerprint density at radius 3 is 2.36 bits per heavy atom. The summed E-state index contributed by atoms with van der Waals surface area (Å²) in [7, 11) is -3.85. The molecule has 10 heteroatoms. The molecule has 2 aromatic rings. The lowest BCUT2D eigenvalue weighted by Crippen LogP contribution is -2.35. The topological polar surface area (TPSA) is 122 Å². The minimum absolute atomic E-state index is 0.0479. The fourth-order valence-corrected chi connectivity index (χ4v) is 6.12. The number of hydrogen-bond acceptors (Lipinski definition) is 9. The van der Waals surface area contributed by atoms with Gasteiger partial charge in [0.1, 0.15) is 11.2 Å². The second kappa shape index (κ2) is 13.3. The van der Waals surface area contributed by atoms with Crippen LogP contribution in [0.1, 0.15) is 81.4 Å². The van der Waals surface area contributed by atoms with Crippen LogP contribution in [0, 0.1) is 12.8 Å². The van der Waals surface area contributed by atoms with Crippen LogP contribution in [0.2, 0.25) is 0 Å². The van der Waals surface area contributed by atoms with Gasteiger partial charge in [-0.2, -0.15) is 0 Å². The lowest BCUT2D eigenvalue weighted by atomic mass is 10.00. The van der Waals surface area contributed by atoms with E-state index in [1.165, 1.54) is 0 Å². The molecule has 0 saturated heterocycles. The SMILES string of the molecule is Cc1ccc2c(c1)CCCOc1c(CCS(=O)(=O)C[C@@H](CC(=O)OC(C)(C)C)C(=O)OC(C)(C)C)cccc1OC2=O. The average Bonchev–Trinajstić information content (AvgIpc) is 2.83. The summed E-state index contributed by atoms with van der Waals surface area (Å²) in [6, 6.07) is 10.6. The van der Waals surface area contributed by atoms with Crippen LogP contribution >= 0.6 is 0 Å². The van der Waals surface area contributed by atoms with Gasteiger partial charge in [0.2, 0.25) is 0 Å². The van der Waals surface area contributed by atoms with Crippen molar-refractivity contribution in [3.63, 3.8) is 0 Å². The number of benzene rings is 2. The summed E-state index contributed by atoms with van der Waals surface area (Å²) in [5, 5.41) is 0. The molecule has 0 unspecified atom stereocenters. The van der Waals surface area contributed by atoms with Crippen LogP contribution in [-0.4, -0.2) is 55.6 Å². The standard InChI is InChI=1S/C32H42O9S/c1-21-13-14-25-23(18-21)11-9-16-38-28-22(10-8-12-26(28)39-30(25)35)15-17-42(36,37)20-24(29(34)41-32(5,6)7)19-27(33)40-31(2,3)4/h8,10,12-14,18,24H,9,11,15-17,19-20H2,1-7H3/t24-/m1/s1. The van der Waals surface area contributed by atoms with E-state index in [2.05, 4.69) is 0 Å². The van der Waals surface area contributed by atoms with Crippen LogP contribution in [0.25, 0.3) is 0 Å². The number of aryl methyl sites for hydroxylation is 3. The molecule has 1 atom stereocenters. The van der Waals surface area contributed by atoms with Gasteiger partial charge in [0.15, 0.2) is 21.3 Å². The largest absolute Gasteiger partial charge is 0.489 e. The lowest BCUT2D eigenvalue weighted by molar-refractivity contribution is -0.166. The maximum Gasteiger partial charge on any atom is 0.343 e. The fraction of sp³-hybridized carbons (Fsp3) is 0.531. The zero-order chi connectivity index (χ0) is 31.3. The summed E-state index contributed by atoms with van der Waals surface area (Å²) >= 11 is 0. The number of carbonyl (C=O) groups is 3. The monoisotopic (exact) mass is 602 g/mol. The molecule has 42 heavy (non-hydrogen) atoms. The highest BCUT2D eigenvalue weighted by molar-refractivity contribution is 7.91. The Hall–Kier alpha value is -3.40. The van der Waals surface area contributed by atoms with Crippen LogP contribution in [0.5, 0.6) is 11.5 Å². The number of hydrogen-bond donors (Lipinski definition) is 0. The fourth-order valence-electron chi connectivity index (χ4n) is 4.56. The zero-order valence-corrected chi connectivity index (χ0v) is 26.4. The Kier molecular flexibility index (Phi) is 10.5. The molecule has 0 N–H and O–H groups in total. The van der Waals surface area contributed by atoms with Crippen molar-refractivity contribution in [1.82, 2.24) is 0 Å². The van der Waals surface area contributed by atoms with Crippen molar-refractivity contribution in [2.75, 3.05) is 18.1 Å². The van der Waals surface area contributed by atoms with Crippen molar-refractivity contribution in [2.24, 2.45) is 5.92 Å². The van der Waals surface area contributed by atoms with E-state index < -0.39 is 57.0 Å². The van der Waals surface area contributed by atoms with Gasteiger partial charge in [0.05, 0.1) is 36.0 Å². The number of esters is 3. The molecule has 0 saturated carbocycles. The third-order valence-corrected chi connectivity index (χ3v) is 8.03. The average molecular weight is 603 g/mol. The molecule has 9 nitrogen and oxygen atoms in total. The third kappa shape index (κ3) is 10.2. The molecular weight excluding hydrogens is 560 g/mol. The Morgan fingerprint density at radius 2 is 1.69 bits per heavy atom. The normalized spacial score (nSPS) is 14.9. The van der Waals surface area contributed by atoms with Crippen molar-refractivity contribution in [1.29, 1.82) is 0 Å². The van der Waals surface area contributed by atoms with Gasteiger partial charge in [-0.3, -0.25) is 9.59 Å². The molecule has 1 aliphatic rings. The van der Waals surface area contributed by atoms with Crippen LogP contribution in [0.15, 0.2) is 36.4 Å². The van der Waals surface area contributed by atoms with Gasteiger partial charge in [0.25, 0.3) is 0 Å². The van der Waals surface area contributed by atoms with Crippen LogP contribution in [-0.2, 0) is 41.7 Å². The van der Waals surface area contributed by atoms with E-state index in [0.29, 0.717) is 36.3 Å². The smallest absolute Gasteiger partial charge is 0.343 e. The summed E-state index contributed by atoms with van der Waals surface area (Å²) in [6.45, 7) is 12.4. The van der Waals surface area contributed by atoms with Crippen molar-refractivity contribution in [3.05, 3.63) is 58.7 Å². The Balaban J connectivity index is 1.79. The second-order valence-electron chi connectivity index (χ2n) is 12.6. The first-order chi connectivity index (χ1) is 19.4. The highest BCUT2D eigenvalue weighted by atomic mass is 32.2. The number of fused-ring (bicyclic) bond motifs is 2. The summed E-state index contributed by atoms with van der Waals surface area (Å²) in [5.74, 6) is -3.58. The number of sulfone groups is 1. The van der Waals surface area contributed by atoms with Gasteiger partial charge in [-0.1, -0.05) is 29.8 Å². The number of ether oxygens (including phenoxy) is 4. The predicted octanol–water partition coefficient (Wildman–Crippen LogP) is 5.19. The second-order valence-corrected chi connectivity index (χ2v) is 14.9. The summed E-state index contributed by atoms with van der Waals surface area (Å²) in [5.41, 5.74) is 1.32. The van der Waals surface area contributed by atoms with E-state index in [4.69, 9.17) is 18.9 Å². The molecule has 3 rings (SSSR count). The molecule has 1 aliphatic heterocycles. The Labute approximate surface area is 248 Å². The van der Waals surface area contributed by atoms with Crippen LogP contribution in [0.4, 0.5) is 0 Å². The maximum atomic E-state index is 13.3. The van der Waals surface area contributed by atoms with Crippen molar-refractivity contribution < 1.29 is 41.7 Å². The zero-order valence-electron chi connectivity index (χ0n) is 25.6. The van der Waals surface area contributed by atoms with Gasteiger partial charge in [-0.25, -0.2) is 13.2 Å². The molecule has 2 aromatic carbocycles. The Morgan fingerprint density at radius 1 is 1.00 bits per heavy atom. The molecule has 0 bridgehead atoms. The van der Waals surface area contributed by atoms with Crippen molar-refractivity contribution >= 4 is 27.7 Å². The predicted molar refractivity (Wildman–Crippen MR) is 159 cm³/mol. The first-order valence-electron chi connectivity index (χ1n) is 14.1. The van der Waals surface area contributed by atoms with E-state index in [-0.39, 0.29) is 17.9 Å². The van der Waals surface area contributed by atoms with Gasteiger partial charge < -0.3 is 18.9 Å². The number of rotatable bonds is 8. The van der Waals surface area contributed by atoms with E-state index in [0.717, 1.165) is 11.1 Å². The molecule has 0 aromatic heterocycles. The van der Waals surface area contributed by atoms with E-state index in [1.807, 2.05) is 19.1 Å². The highest BCUT2D eigenvalue weighted by Crippen LogP contribution is 2.34.